The van der Waals surface area contributed by atoms with Gasteiger partial charge < -0.3 is 4.74 Å². The summed E-state index contributed by atoms with van der Waals surface area (Å²) in [6.45, 7) is 3.55. The molecule has 0 bridgehead atoms. The van der Waals surface area contributed by atoms with E-state index in [1.807, 2.05) is 12.1 Å². The minimum absolute atomic E-state index is 0.0339. The summed E-state index contributed by atoms with van der Waals surface area (Å²) in [5, 5.41) is 2.79. The number of amides is 1. The number of rotatable bonds is 6. The molecule has 3 rings (SSSR count). The first-order valence-corrected chi connectivity index (χ1v) is 10.0. The summed E-state index contributed by atoms with van der Waals surface area (Å²) < 4.78 is 5.35. The Morgan fingerprint density at radius 2 is 1.93 bits per heavy atom. The molecule has 0 radical (unpaired) electrons. The predicted molar refractivity (Wildman–Crippen MR) is 111 cm³/mol. The second-order valence-corrected chi connectivity index (χ2v) is 7.36. The molecule has 0 atom stereocenters. The zero-order valence-corrected chi connectivity index (χ0v) is 17.1. The number of benzene rings is 2. The molecule has 0 saturated carbocycles. The van der Waals surface area contributed by atoms with E-state index in [1.54, 1.807) is 41.8 Å². The van der Waals surface area contributed by atoms with Crippen LogP contribution < -0.4 is 4.90 Å². The highest BCUT2D eigenvalue weighted by atomic mass is 35.5. The summed E-state index contributed by atoms with van der Waals surface area (Å²) in [7, 11) is 0. The van der Waals surface area contributed by atoms with Gasteiger partial charge in [-0.15, -0.1) is 11.3 Å². The number of thiazole rings is 1. The summed E-state index contributed by atoms with van der Waals surface area (Å²) in [6, 6.07) is 14.3. The molecule has 0 aliphatic carbocycles. The maximum absolute atomic E-state index is 12.2. The minimum Gasteiger partial charge on any atom is -0.456 e. The van der Waals surface area contributed by atoms with E-state index in [0.717, 1.165) is 12.0 Å². The maximum atomic E-state index is 12.2. The molecule has 1 amide bonds. The van der Waals surface area contributed by atoms with Crippen molar-refractivity contribution in [3.63, 3.8) is 0 Å². The molecule has 0 saturated heterocycles. The Kier molecular flexibility index (Phi) is 6.44. The highest BCUT2D eigenvalue weighted by molar-refractivity contribution is 7.14. The van der Waals surface area contributed by atoms with E-state index in [1.165, 1.54) is 23.2 Å². The number of aryl methyl sites for hydroxylation is 1. The molecule has 28 heavy (non-hydrogen) atoms. The van der Waals surface area contributed by atoms with Crippen molar-refractivity contribution < 1.29 is 14.3 Å². The van der Waals surface area contributed by atoms with Crippen molar-refractivity contribution in [2.24, 2.45) is 0 Å². The molecule has 5 nitrogen and oxygen atoms in total. The number of esters is 1. The van der Waals surface area contributed by atoms with Gasteiger partial charge in [0.15, 0.2) is 5.13 Å². The Morgan fingerprint density at radius 3 is 2.57 bits per heavy atom. The number of nitrogens with zero attached hydrogens (tertiary/aromatic N) is 2. The Hall–Kier alpha value is -2.70. The van der Waals surface area contributed by atoms with Gasteiger partial charge in [0, 0.05) is 17.3 Å². The standard InChI is InChI=1S/C21H19ClN2O3S/c1-3-15-7-9-16(10-8-15)20(26)27-12-18-13-28-21(23-18)24(14(2)25)19-6-4-5-17(22)11-19/h4-11,13H,3,12H2,1-2H3. The van der Waals surface area contributed by atoms with Crippen molar-refractivity contribution in [2.75, 3.05) is 4.90 Å². The summed E-state index contributed by atoms with van der Waals surface area (Å²) >= 11 is 7.33. The predicted octanol–water partition coefficient (Wildman–Crippen LogP) is 5.40. The molecule has 0 fully saturated rings. The lowest BCUT2D eigenvalue weighted by atomic mass is 10.1. The molecule has 3 aromatic rings. The number of aromatic nitrogens is 1. The monoisotopic (exact) mass is 414 g/mol. The number of hydrogen-bond donors (Lipinski definition) is 0. The van der Waals surface area contributed by atoms with Gasteiger partial charge in [-0.05, 0) is 42.3 Å². The maximum Gasteiger partial charge on any atom is 0.338 e. The number of carbonyl (C=O) groups is 2. The number of carbonyl (C=O) groups excluding carboxylic acids is 2. The summed E-state index contributed by atoms with van der Waals surface area (Å²) in [6.07, 6.45) is 0.913. The topological polar surface area (TPSA) is 59.5 Å². The molecule has 144 valence electrons. The Morgan fingerprint density at radius 1 is 1.18 bits per heavy atom. The van der Waals surface area contributed by atoms with Crippen LogP contribution in [-0.2, 0) is 22.6 Å². The number of halogens is 1. The highest BCUT2D eigenvalue weighted by Gasteiger charge is 2.19. The third kappa shape index (κ3) is 4.77. The largest absolute Gasteiger partial charge is 0.456 e. The number of ether oxygens (including phenoxy) is 1. The van der Waals surface area contributed by atoms with Crippen molar-refractivity contribution in [2.45, 2.75) is 26.9 Å². The van der Waals surface area contributed by atoms with Crippen molar-refractivity contribution >= 4 is 45.6 Å². The lowest BCUT2D eigenvalue weighted by Gasteiger charge is -2.18. The molecular formula is C21H19ClN2O3S. The van der Waals surface area contributed by atoms with Gasteiger partial charge >= 0.3 is 5.97 Å². The van der Waals surface area contributed by atoms with Gasteiger partial charge in [-0.3, -0.25) is 9.69 Å². The smallest absolute Gasteiger partial charge is 0.338 e. The fourth-order valence-corrected chi connectivity index (χ4v) is 3.66. The molecule has 2 aromatic carbocycles. The molecule has 1 aromatic heterocycles. The summed E-state index contributed by atoms with van der Waals surface area (Å²) in [4.78, 5) is 30.2. The molecule has 0 spiro atoms. The van der Waals surface area contributed by atoms with E-state index in [4.69, 9.17) is 16.3 Å². The van der Waals surface area contributed by atoms with E-state index >= 15 is 0 Å². The van der Waals surface area contributed by atoms with Crippen LogP contribution in [0.5, 0.6) is 0 Å². The SMILES string of the molecule is CCc1ccc(C(=O)OCc2csc(N(C(C)=O)c3cccc(Cl)c3)n2)cc1. The third-order valence-corrected chi connectivity index (χ3v) is 5.17. The van der Waals surface area contributed by atoms with Crippen LogP contribution in [0.4, 0.5) is 10.8 Å². The number of anilines is 2. The van der Waals surface area contributed by atoms with Crippen LogP contribution in [0.25, 0.3) is 0 Å². The lowest BCUT2D eigenvalue weighted by molar-refractivity contribution is -0.115. The van der Waals surface area contributed by atoms with Crippen molar-refractivity contribution in [3.8, 4) is 0 Å². The summed E-state index contributed by atoms with van der Waals surface area (Å²) in [5.74, 6) is -0.591. The van der Waals surface area contributed by atoms with Gasteiger partial charge in [-0.25, -0.2) is 9.78 Å². The zero-order valence-electron chi connectivity index (χ0n) is 15.5. The molecule has 1 heterocycles. The fourth-order valence-electron chi connectivity index (χ4n) is 2.61. The van der Waals surface area contributed by atoms with Crippen LogP contribution in [0.3, 0.4) is 0 Å². The quantitative estimate of drug-likeness (QED) is 0.506. The highest BCUT2D eigenvalue weighted by Crippen LogP contribution is 2.30. The molecule has 7 heteroatoms. The van der Waals surface area contributed by atoms with E-state index in [2.05, 4.69) is 11.9 Å². The fraction of sp³-hybridized carbons (Fsp3) is 0.190. The molecule has 0 unspecified atom stereocenters. The van der Waals surface area contributed by atoms with Crippen LogP contribution in [0.1, 0.15) is 35.5 Å². The van der Waals surface area contributed by atoms with Crippen LogP contribution in [0.15, 0.2) is 53.9 Å². The first-order chi connectivity index (χ1) is 13.5. The Bertz CT molecular complexity index is 985. The zero-order chi connectivity index (χ0) is 20.1. The Labute approximate surface area is 172 Å². The van der Waals surface area contributed by atoms with E-state index in [-0.39, 0.29) is 12.5 Å². The molecule has 0 aliphatic heterocycles. The van der Waals surface area contributed by atoms with Gasteiger partial charge in [-0.2, -0.15) is 0 Å². The third-order valence-electron chi connectivity index (χ3n) is 4.06. The lowest BCUT2D eigenvalue weighted by Crippen LogP contribution is -2.22. The molecular weight excluding hydrogens is 396 g/mol. The van der Waals surface area contributed by atoms with Gasteiger partial charge in [-0.1, -0.05) is 36.7 Å². The van der Waals surface area contributed by atoms with Crippen LogP contribution >= 0.6 is 22.9 Å². The van der Waals surface area contributed by atoms with Gasteiger partial charge in [0.25, 0.3) is 0 Å². The average molecular weight is 415 g/mol. The van der Waals surface area contributed by atoms with Crippen LogP contribution in [-0.4, -0.2) is 16.9 Å². The first-order valence-electron chi connectivity index (χ1n) is 8.74. The van der Waals surface area contributed by atoms with Crippen LogP contribution in [0, 0.1) is 0 Å². The Balaban J connectivity index is 1.70. The first kappa shape index (κ1) is 20.0. The van der Waals surface area contributed by atoms with Crippen molar-refractivity contribution in [1.29, 1.82) is 0 Å². The van der Waals surface area contributed by atoms with E-state index in [9.17, 15) is 9.59 Å². The van der Waals surface area contributed by atoms with E-state index in [0.29, 0.717) is 27.1 Å². The normalized spacial score (nSPS) is 10.5. The van der Waals surface area contributed by atoms with Gasteiger partial charge in [0.1, 0.15) is 6.61 Å². The van der Waals surface area contributed by atoms with Gasteiger partial charge in [0.05, 0.1) is 16.9 Å². The van der Waals surface area contributed by atoms with Crippen LogP contribution in [0.2, 0.25) is 5.02 Å². The van der Waals surface area contributed by atoms with E-state index < -0.39 is 5.97 Å². The minimum atomic E-state index is -0.407. The summed E-state index contributed by atoms with van der Waals surface area (Å²) in [5.41, 5.74) is 2.86. The second-order valence-electron chi connectivity index (χ2n) is 6.08. The number of hydrogen-bond acceptors (Lipinski definition) is 5. The second kappa shape index (κ2) is 8.99. The van der Waals surface area contributed by atoms with Crippen molar-refractivity contribution in [3.05, 3.63) is 75.8 Å². The van der Waals surface area contributed by atoms with Gasteiger partial charge in [0.2, 0.25) is 5.91 Å². The molecule has 0 aliphatic rings. The average Bonchev–Trinajstić information content (AvgIpc) is 3.14. The molecule has 0 N–H and O–H groups in total. The van der Waals surface area contributed by atoms with Crippen molar-refractivity contribution in [1.82, 2.24) is 4.98 Å².